The van der Waals surface area contributed by atoms with Crippen LogP contribution in [0.1, 0.15) is 15.9 Å². The molecular weight excluding hydrogens is 383 g/mol. The summed E-state index contributed by atoms with van der Waals surface area (Å²) in [4.78, 5) is 18.4. The number of nitrogens with one attached hydrogen (secondary N) is 1. The third-order valence-electron chi connectivity index (χ3n) is 4.52. The summed E-state index contributed by atoms with van der Waals surface area (Å²) in [6, 6.07) is 25.7. The minimum Gasteiger partial charge on any atom is -0.352 e. The van der Waals surface area contributed by atoms with Crippen molar-refractivity contribution in [1.82, 2.24) is 10.3 Å². The Kier molecular flexibility index (Phi) is 5.86. The maximum absolute atomic E-state index is 13.2. The fraction of sp³-hybridized carbons (Fsp3) is 0.0833. The van der Waals surface area contributed by atoms with Gasteiger partial charge in [-0.05, 0) is 48.4 Å². The van der Waals surface area contributed by atoms with Gasteiger partial charge in [0.2, 0.25) is 0 Å². The Balaban J connectivity index is 1.56. The number of para-hydroxylation sites is 1. The Hall–Kier alpha value is -3.18. The first-order valence-electron chi connectivity index (χ1n) is 9.34. The Labute approximate surface area is 173 Å². The first-order valence-corrected chi connectivity index (χ1v) is 10.2. The first-order chi connectivity index (χ1) is 14.2. The number of carbonyl (C=O) groups excluding carboxylic acids is 1. The largest absolute Gasteiger partial charge is 0.352 e. The summed E-state index contributed by atoms with van der Waals surface area (Å²) < 4.78 is 13.2. The van der Waals surface area contributed by atoms with Crippen LogP contribution in [0.4, 0.5) is 4.39 Å². The molecule has 0 fully saturated rings. The van der Waals surface area contributed by atoms with E-state index in [1.165, 1.54) is 29.5 Å². The predicted molar refractivity (Wildman–Crippen MR) is 115 cm³/mol. The van der Waals surface area contributed by atoms with Crippen molar-refractivity contribution in [3.05, 3.63) is 102 Å². The third kappa shape index (κ3) is 4.81. The van der Waals surface area contributed by atoms with E-state index in [-0.39, 0.29) is 11.7 Å². The van der Waals surface area contributed by atoms with Crippen LogP contribution in [0.3, 0.4) is 0 Å². The quantitative estimate of drug-likeness (QED) is 0.463. The summed E-state index contributed by atoms with van der Waals surface area (Å²) in [6.45, 7) is 0.555. The van der Waals surface area contributed by atoms with E-state index in [0.717, 1.165) is 22.2 Å². The van der Waals surface area contributed by atoms with Gasteiger partial charge in [-0.1, -0.05) is 60.3 Å². The smallest absolute Gasteiger partial charge is 0.252 e. The highest BCUT2D eigenvalue weighted by Crippen LogP contribution is 2.30. The van der Waals surface area contributed by atoms with Crippen LogP contribution in [0, 0.1) is 5.82 Å². The molecule has 0 bridgehead atoms. The van der Waals surface area contributed by atoms with Crippen LogP contribution in [0.2, 0.25) is 0 Å². The topological polar surface area (TPSA) is 42.0 Å². The fourth-order valence-corrected chi connectivity index (χ4v) is 3.91. The zero-order chi connectivity index (χ0) is 20.1. The summed E-state index contributed by atoms with van der Waals surface area (Å²) in [7, 11) is 0. The first kappa shape index (κ1) is 19.2. The monoisotopic (exact) mass is 402 g/mol. The number of carbonyl (C=O) groups is 1. The maximum atomic E-state index is 13.2. The molecule has 4 aromatic rings. The number of hydrogen-bond acceptors (Lipinski definition) is 3. The molecule has 0 atom stereocenters. The molecule has 0 aliphatic heterocycles. The standard InChI is InChI=1S/C24H19FN2OS/c25-18-10-12-19(13-11-18)29-23-16-21(20-8-4-5-9-22(20)27-23)24(28)26-15-14-17-6-2-1-3-7-17/h1-13,16H,14-15H2,(H,26,28). The number of rotatable bonds is 6. The average Bonchev–Trinajstić information content (AvgIpc) is 2.75. The molecule has 3 aromatic carbocycles. The van der Waals surface area contributed by atoms with Gasteiger partial charge < -0.3 is 5.32 Å². The molecule has 1 N–H and O–H groups in total. The SMILES string of the molecule is O=C(NCCc1ccccc1)c1cc(Sc2ccc(F)cc2)nc2ccccc12. The van der Waals surface area contributed by atoms with E-state index in [1.54, 1.807) is 18.2 Å². The highest BCUT2D eigenvalue weighted by Gasteiger charge is 2.13. The molecule has 3 nitrogen and oxygen atoms in total. The van der Waals surface area contributed by atoms with Gasteiger partial charge in [0.15, 0.2) is 0 Å². The number of aromatic nitrogens is 1. The molecule has 29 heavy (non-hydrogen) atoms. The molecule has 4 rings (SSSR count). The van der Waals surface area contributed by atoms with Crippen LogP contribution in [0.15, 0.2) is 94.9 Å². The van der Waals surface area contributed by atoms with Crippen LogP contribution in [-0.4, -0.2) is 17.4 Å². The van der Waals surface area contributed by atoms with Crippen LogP contribution in [0.25, 0.3) is 10.9 Å². The van der Waals surface area contributed by atoms with Gasteiger partial charge in [0.05, 0.1) is 11.1 Å². The molecule has 5 heteroatoms. The van der Waals surface area contributed by atoms with Crippen molar-refractivity contribution in [2.45, 2.75) is 16.3 Å². The number of benzene rings is 3. The summed E-state index contributed by atoms with van der Waals surface area (Å²) >= 11 is 1.41. The van der Waals surface area contributed by atoms with Gasteiger partial charge in [0.1, 0.15) is 10.8 Å². The molecular formula is C24H19FN2OS. The van der Waals surface area contributed by atoms with E-state index in [9.17, 15) is 9.18 Å². The van der Waals surface area contributed by atoms with E-state index in [1.807, 2.05) is 54.6 Å². The maximum Gasteiger partial charge on any atom is 0.252 e. The molecule has 1 aromatic heterocycles. The van der Waals surface area contributed by atoms with Crippen LogP contribution < -0.4 is 5.32 Å². The van der Waals surface area contributed by atoms with Crippen molar-refractivity contribution < 1.29 is 9.18 Å². The number of hydrogen-bond donors (Lipinski definition) is 1. The second-order valence-corrected chi connectivity index (χ2v) is 7.67. The number of halogens is 1. The van der Waals surface area contributed by atoms with Crippen LogP contribution in [-0.2, 0) is 6.42 Å². The van der Waals surface area contributed by atoms with Gasteiger partial charge in [-0.3, -0.25) is 4.79 Å². The lowest BCUT2D eigenvalue weighted by atomic mass is 10.1. The molecule has 0 radical (unpaired) electrons. The van der Waals surface area contributed by atoms with Crippen molar-refractivity contribution >= 4 is 28.6 Å². The van der Waals surface area contributed by atoms with Crippen LogP contribution in [0.5, 0.6) is 0 Å². The van der Waals surface area contributed by atoms with Gasteiger partial charge in [-0.25, -0.2) is 9.37 Å². The van der Waals surface area contributed by atoms with E-state index >= 15 is 0 Å². The zero-order valence-electron chi connectivity index (χ0n) is 15.6. The van der Waals surface area contributed by atoms with Crippen molar-refractivity contribution in [2.24, 2.45) is 0 Å². The molecule has 1 heterocycles. The molecule has 0 aliphatic rings. The lowest BCUT2D eigenvalue weighted by Crippen LogP contribution is -2.26. The number of pyridine rings is 1. The van der Waals surface area contributed by atoms with Gasteiger partial charge in [-0.2, -0.15) is 0 Å². The van der Waals surface area contributed by atoms with Gasteiger partial charge in [0, 0.05) is 16.8 Å². The molecule has 0 saturated heterocycles. The molecule has 0 spiro atoms. The molecule has 144 valence electrons. The summed E-state index contributed by atoms with van der Waals surface area (Å²) in [6.07, 6.45) is 0.771. The fourth-order valence-electron chi connectivity index (χ4n) is 3.07. The highest BCUT2D eigenvalue weighted by molar-refractivity contribution is 7.99. The Morgan fingerprint density at radius 3 is 2.45 bits per heavy atom. The van der Waals surface area contributed by atoms with Gasteiger partial charge in [-0.15, -0.1) is 0 Å². The molecule has 0 aliphatic carbocycles. The summed E-state index contributed by atoms with van der Waals surface area (Å²) in [5.74, 6) is -0.403. The van der Waals surface area contributed by atoms with Crippen LogP contribution >= 0.6 is 11.8 Å². The lowest BCUT2D eigenvalue weighted by molar-refractivity contribution is 0.0955. The predicted octanol–water partition coefficient (Wildman–Crippen LogP) is 5.50. The Bertz CT molecular complexity index is 1130. The minimum absolute atomic E-state index is 0.125. The van der Waals surface area contributed by atoms with Crippen molar-refractivity contribution in [3.8, 4) is 0 Å². The third-order valence-corrected chi connectivity index (χ3v) is 5.44. The van der Waals surface area contributed by atoms with E-state index in [4.69, 9.17) is 0 Å². The Morgan fingerprint density at radius 1 is 0.931 bits per heavy atom. The van der Waals surface area contributed by atoms with Gasteiger partial charge >= 0.3 is 0 Å². The number of amides is 1. The van der Waals surface area contributed by atoms with Crippen molar-refractivity contribution in [3.63, 3.8) is 0 Å². The summed E-state index contributed by atoms with van der Waals surface area (Å²) in [5, 5.41) is 4.52. The molecule has 0 unspecified atom stereocenters. The summed E-state index contributed by atoms with van der Waals surface area (Å²) in [5.41, 5.74) is 2.53. The normalized spacial score (nSPS) is 10.8. The second kappa shape index (κ2) is 8.88. The van der Waals surface area contributed by atoms with Crippen molar-refractivity contribution in [1.29, 1.82) is 0 Å². The van der Waals surface area contributed by atoms with E-state index in [0.29, 0.717) is 17.1 Å². The zero-order valence-corrected chi connectivity index (χ0v) is 16.5. The number of nitrogens with zero attached hydrogens (tertiary/aromatic N) is 1. The molecule has 0 saturated carbocycles. The Morgan fingerprint density at radius 2 is 1.66 bits per heavy atom. The molecule has 1 amide bonds. The van der Waals surface area contributed by atoms with E-state index < -0.39 is 0 Å². The highest BCUT2D eigenvalue weighted by atomic mass is 32.2. The second-order valence-electron chi connectivity index (χ2n) is 6.57. The van der Waals surface area contributed by atoms with Gasteiger partial charge in [0.25, 0.3) is 5.91 Å². The number of fused-ring (bicyclic) bond motifs is 1. The van der Waals surface area contributed by atoms with E-state index in [2.05, 4.69) is 10.3 Å². The lowest BCUT2D eigenvalue weighted by Gasteiger charge is -2.10. The minimum atomic E-state index is -0.278. The van der Waals surface area contributed by atoms with Crippen molar-refractivity contribution in [2.75, 3.05) is 6.54 Å². The average molecular weight is 402 g/mol.